The monoisotopic (exact) mass is 424 g/mol. The van der Waals surface area contributed by atoms with Crippen molar-refractivity contribution in [2.45, 2.75) is 24.9 Å². The minimum absolute atomic E-state index is 0.0624. The van der Waals surface area contributed by atoms with Gasteiger partial charge in [-0.25, -0.2) is 9.37 Å². The molecule has 0 spiro atoms. The van der Waals surface area contributed by atoms with Crippen molar-refractivity contribution in [3.05, 3.63) is 27.3 Å². The third-order valence-corrected chi connectivity index (χ3v) is 4.47. The number of aromatic nitrogens is 2. The lowest BCUT2D eigenvalue weighted by atomic mass is 10.3. The second-order valence-electron chi connectivity index (χ2n) is 5.02. The third kappa shape index (κ3) is 3.18. The van der Waals surface area contributed by atoms with Crippen LogP contribution in [-0.4, -0.2) is 35.5 Å². The lowest BCUT2D eigenvalue weighted by Crippen LogP contribution is -2.32. The molecule has 0 radical (unpaired) electrons. The van der Waals surface area contributed by atoms with Crippen molar-refractivity contribution in [1.82, 2.24) is 9.55 Å². The van der Waals surface area contributed by atoms with Gasteiger partial charge in [0.1, 0.15) is 11.6 Å². The van der Waals surface area contributed by atoms with E-state index in [-0.39, 0.29) is 17.3 Å². The molecule has 0 N–H and O–H groups in total. The molecular formula is C14H15ClFIN2O2. The summed E-state index contributed by atoms with van der Waals surface area (Å²) in [6.45, 7) is 4.15. The summed E-state index contributed by atoms with van der Waals surface area (Å²) in [6, 6.07) is 3.25. The maximum Gasteiger partial charge on any atom is 0.138 e. The molecule has 2 heterocycles. The largest absolute Gasteiger partial charge is 0.376 e. The number of nitrogens with zero attached hydrogens (tertiary/aromatic N) is 2. The lowest BCUT2D eigenvalue weighted by molar-refractivity contribution is -0.0934. The molecule has 21 heavy (non-hydrogen) atoms. The third-order valence-electron chi connectivity index (χ3n) is 3.45. The number of halogens is 3. The Bertz CT molecular complexity index is 656. The van der Waals surface area contributed by atoms with Crippen molar-refractivity contribution in [1.29, 1.82) is 0 Å². The predicted molar refractivity (Wildman–Crippen MR) is 87.2 cm³/mol. The molecule has 114 valence electrons. The summed E-state index contributed by atoms with van der Waals surface area (Å²) in [5.74, 6) is 0.473. The lowest BCUT2D eigenvalue weighted by Gasteiger charge is -2.24. The Morgan fingerprint density at radius 1 is 1.52 bits per heavy atom. The predicted octanol–water partition coefficient (Wildman–Crippen LogP) is 3.50. The van der Waals surface area contributed by atoms with Crippen LogP contribution in [0.15, 0.2) is 12.1 Å². The van der Waals surface area contributed by atoms with E-state index in [1.165, 1.54) is 6.07 Å². The minimum Gasteiger partial charge on any atom is -0.376 e. The Morgan fingerprint density at radius 2 is 2.33 bits per heavy atom. The van der Waals surface area contributed by atoms with Crippen molar-refractivity contribution in [2.24, 2.45) is 0 Å². The van der Waals surface area contributed by atoms with Gasteiger partial charge in [-0.1, -0.05) is 0 Å². The molecule has 4 nitrogen and oxygen atoms in total. The first-order valence-electron chi connectivity index (χ1n) is 6.75. The topological polar surface area (TPSA) is 36.3 Å². The SMILES string of the molecule is CC(Cl)c1nc2cc(I)c(F)cc2n1CC1COCCO1. The van der Waals surface area contributed by atoms with Crippen molar-refractivity contribution in [3.8, 4) is 0 Å². The Balaban J connectivity index is 2.04. The highest BCUT2D eigenvalue weighted by Gasteiger charge is 2.21. The second-order valence-corrected chi connectivity index (χ2v) is 6.84. The normalized spacial score (nSPS) is 20.9. The fourth-order valence-corrected chi connectivity index (χ4v) is 3.10. The number of ether oxygens (including phenoxy) is 2. The van der Waals surface area contributed by atoms with Crippen LogP contribution in [0.3, 0.4) is 0 Å². The van der Waals surface area contributed by atoms with Crippen molar-refractivity contribution >= 4 is 45.2 Å². The molecule has 2 unspecified atom stereocenters. The summed E-state index contributed by atoms with van der Waals surface area (Å²) in [7, 11) is 0. The number of alkyl halides is 1. The molecule has 1 aromatic heterocycles. The van der Waals surface area contributed by atoms with E-state index in [1.54, 1.807) is 6.07 Å². The van der Waals surface area contributed by atoms with Gasteiger partial charge in [0.2, 0.25) is 0 Å². The van der Waals surface area contributed by atoms with Crippen molar-refractivity contribution in [2.75, 3.05) is 19.8 Å². The minimum atomic E-state index is -0.261. The van der Waals surface area contributed by atoms with Crippen LogP contribution in [0, 0.1) is 9.39 Å². The van der Waals surface area contributed by atoms with Gasteiger partial charge in [0.25, 0.3) is 0 Å². The number of hydrogen-bond acceptors (Lipinski definition) is 3. The molecule has 3 rings (SSSR count). The molecule has 1 aliphatic rings. The quantitative estimate of drug-likeness (QED) is 0.559. The molecule has 1 aliphatic heterocycles. The van der Waals surface area contributed by atoms with E-state index in [0.717, 1.165) is 16.9 Å². The highest BCUT2D eigenvalue weighted by molar-refractivity contribution is 14.1. The van der Waals surface area contributed by atoms with Crippen molar-refractivity contribution in [3.63, 3.8) is 0 Å². The zero-order valence-electron chi connectivity index (χ0n) is 11.5. The van der Waals surface area contributed by atoms with Gasteiger partial charge in [0, 0.05) is 6.07 Å². The fraction of sp³-hybridized carbons (Fsp3) is 0.500. The van der Waals surface area contributed by atoms with Gasteiger partial charge in [-0.2, -0.15) is 0 Å². The Hall–Kier alpha value is -0.440. The van der Waals surface area contributed by atoms with E-state index >= 15 is 0 Å². The smallest absolute Gasteiger partial charge is 0.138 e. The molecular weight excluding hydrogens is 410 g/mol. The molecule has 0 aliphatic carbocycles. The Morgan fingerprint density at radius 3 is 3.00 bits per heavy atom. The maximum absolute atomic E-state index is 13.9. The van der Waals surface area contributed by atoms with Gasteiger partial charge in [-0.3, -0.25) is 0 Å². The molecule has 1 aromatic carbocycles. The van der Waals surface area contributed by atoms with E-state index in [2.05, 4.69) is 4.98 Å². The highest BCUT2D eigenvalue weighted by atomic mass is 127. The van der Waals surface area contributed by atoms with E-state index in [0.29, 0.717) is 29.9 Å². The first-order chi connectivity index (χ1) is 10.1. The van der Waals surface area contributed by atoms with Gasteiger partial charge in [-0.15, -0.1) is 11.6 Å². The van der Waals surface area contributed by atoms with E-state index in [4.69, 9.17) is 21.1 Å². The summed E-state index contributed by atoms with van der Waals surface area (Å²) in [4.78, 5) is 4.54. The zero-order valence-corrected chi connectivity index (χ0v) is 14.4. The van der Waals surface area contributed by atoms with Crippen molar-refractivity contribution < 1.29 is 13.9 Å². The Kier molecular flexibility index (Phi) is 4.68. The summed E-state index contributed by atoms with van der Waals surface area (Å²) in [6.07, 6.45) is -0.0624. The molecule has 1 saturated heterocycles. The van der Waals surface area contributed by atoms with Crippen LogP contribution in [0.4, 0.5) is 4.39 Å². The molecule has 2 aromatic rings. The van der Waals surface area contributed by atoms with Crippen LogP contribution < -0.4 is 0 Å². The van der Waals surface area contributed by atoms with Crippen LogP contribution in [0.5, 0.6) is 0 Å². The van der Waals surface area contributed by atoms with Crippen LogP contribution in [0.25, 0.3) is 11.0 Å². The van der Waals surface area contributed by atoms with Gasteiger partial charge in [-0.05, 0) is 35.6 Å². The highest BCUT2D eigenvalue weighted by Crippen LogP contribution is 2.27. The number of hydrogen-bond donors (Lipinski definition) is 0. The van der Waals surface area contributed by atoms with Crippen LogP contribution in [-0.2, 0) is 16.0 Å². The summed E-state index contributed by atoms with van der Waals surface area (Å²) >= 11 is 8.19. The summed E-state index contributed by atoms with van der Waals surface area (Å²) in [5.41, 5.74) is 1.49. The molecule has 0 bridgehead atoms. The van der Waals surface area contributed by atoms with Crippen LogP contribution in [0.1, 0.15) is 18.1 Å². The second kappa shape index (κ2) is 6.36. The molecule has 0 amide bonds. The number of imidazole rings is 1. The molecule has 2 atom stereocenters. The van der Waals surface area contributed by atoms with Crippen LogP contribution in [0.2, 0.25) is 0 Å². The van der Waals surface area contributed by atoms with E-state index in [9.17, 15) is 4.39 Å². The van der Waals surface area contributed by atoms with Gasteiger partial charge >= 0.3 is 0 Å². The Labute approximate surface area is 140 Å². The first-order valence-corrected chi connectivity index (χ1v) is 8.26. The average molecular weight is 425 g/mol. The molecule has 7 heteroatoms. The summed E-state index contributed by atoms with van der Waals surface area (Å²) in [5, 5.41) is -0.261. The zero-order chi connectivity index (χ0) is 15.0. The summed E-state index contributed by atoms with van der Waals surface area (Å²) < 4.78 is 27.5. The molecule has 1 fully saturated rings. The number of benzene rings is 1. The fourth-order valence-electron chi connectivity index (χ4n) is 2.48. The average Bonchev–Trinajstić information content (AvgIpc) is 2.79. The number of fused-ring (bicyclic) bond motifs is 1. The maximum atomic E-state index is 13.9. The van der Waals surface area contributed by atoms with Gasteiger partial charge < -0.3 is 14.0 Å². The van der Waals surface area contributed by atoms with Gasteiger partial charge in [0.15, 0.2) is 0 Å². The van der Waals surface area contributed by atoms with E-state index < -0.39 is 0 Å². The first kappa shape index (κ1) is 15.5. The van der Waals surface area contributed by atoms with Crippen LogP contribution >= 0.6 is 34.2 Å². The number of rotatable bonds is 3. The standard InChI is InChI=1S/C14H15ClFIN2O2/c1-8(15)14-18-12-5-11(17)10(16)4-13(12)19(14)6-9-7-20-2-3-21-9/h4-5,8-9H,2-3,6-7H2,1H3. The van der Waals surface area contributed by atoms with E-state index in [1.807, 2.05) is 34.1 Å². The van der Waals surface area contributed by atoms with Gasteiger partial charge in [0.05, 0.1) is 52.5 Å². The molecule has 0 saturated carbocycles.